The Balaban J connectivity index is 1.63. The van der Waals surface area contributed by atoms with Crippen molar-refractivity contribution in [3.63, 3.8) is 0 Å². The lowest BCUT2D eigenvalue weighted by Crippen LogP contribution is -2.47. The molecule has 2 N–H and O–H groups in total. The Bertz CT molecular complexity index is 374. The highest BCUT2D eigenvalue weighted by molar-refractivity contribution is 7.09. The van der Waals surface area contributed by atoms with Crippen LogP contribution < -0.4 is 10.6 Å². The third-order valence-electron chi connectivity index (χ3n) is 3.35. The Hall–Kier alpha value is -1.14. The highest BCUT2D eigenvalue weighted by Gasteiger charge is 2.19. The minimum atomic E-state index is -0.0795. The smallest absolute Gasteiger partial charge is 0.315 e. The largest absolute Gasteiger partial charge is 0.335 e. The van der Waals surface area contributed by atoms with E-state index in [4.69, 9.17) is 0 Å². The van der Waals surface area contributed by atoms with Crippen LogP contribution in [0.25, 0.3) is 0 Å². The van der Waals surface area contributed by atoms with Gasteiger partial charge in [-0.3, -0.25) is 0 Å². The fourth-order valence-electron chi connectivity index (χ4n) is 2.35. The summed E-state index contributed by atoms with van der Waals surface area (Å²) in [5, 5.41) is 8.75. The van der Waals surface area contributed by atoms with E-state index in [1.807, 2.05) is 5.38 Å². The second-order valence-electron chi connectivity index (χ2n) is 4.87. The second-order valence-corrected chi connectivity index (χ2v) is 5.85. The normalized spacial score (nSPS) is 17.3. The van der Waals surface area contributed by atoms with Gasteiger partial charge in [-0.15, -0.1) is 11.3 Å². The number of likely N-dealkylation sites (tertiary alicyclic amines) is 1. The summed E-state index contributed by atoms with van der Waals surface area (Å²) < 4.78 is 0. The van der Waals surface area contributed by atoms with Gasteiger partial charge in [0, 0.05) is 30.7 Å². The number of carbonyl (C=O) groups is 1. The van der Waals surface area contributed by atoms with E-state index in [-0.39, 0.29) is 6.03 Å². The summed E-state index contributed by atoms with van der Waals surface area (Å²) >= 11 is 1.56. The average molecular weight is 282 g/mol. The first-order chi connectivity index (χ1) is 9.28. The lowest BCUT2D eigenvalue weighted by Gasteiger charge is -2.32. The number of nitrogens with one attached hydrogen (secondary N) is 2. The Morgan fingerprint density at radius 2 is 2.32 bits per heavy atom. The average Bonchev–Trinajstić information content (AvgIpc) is 2.92. The van der Waals surface area contributed by atoms with Crippen molar-refractivity contribution in [1.29, 1.82) is 0 Å². The van der Waals surface area contributed by atoms with Crippen LogP contribution >= 0.6 is 11.3 Å². The molecule has 1 fully saturated rings. The molecule has 2 amide bonds. The first-order valence-electron chi connectivity index (χ1n) is 6.93. The number of aromatic nitrogens is 1. The molecule has 5 nitrogen and oxygen atoms in total. The molecule has 0 radical (unpaired) electrons. The van der Waals surface area contributed by atoms with E-state index in [0.717, 1.165) is 30.9 Å². The fraction of sp³-hybridized carbons (Fsp3) is 0.692. The first-order valence-corrected chi connectivity index (χ1v) is 7.81. The van der Waals surface area contributed by atoms with Crippen LogP contribution in [0.3, 0.4) is 0 Å². The minimum absolute atomic E-state index is 0.0795. The van der Waals surface area contributed by atoms with Gasteiger partial charge < -0.3 is 15.5 Å². The summed E-state index contributed by atoms with van der Waals surface area (Å²) in [4.78, 5) is 18.4. The molecule has 6 heteroatoms. The molecule has 1 aromatic heterocycles. The Kier molecular flexibility index (Phi) is 5.60. The first kappa shape index (κ1) is 14.3. The van der Waals surface area contributed by atoms with E-state index in [1.54, 1.807) is 17.5 Å². The molecular formula is C13H22N4OS. The van der Waals surface area contributed by atoms with Gasteiger partial charge in [-0.1, -0.05) is 6.92 Å². The van der Waals surface area contributed by atoms with Crippen molar-refractivity contribution < 1.29 is 4.79 Å². The molecule has 19 heavy (non-hydrogen) atoms. The molecule has 0 spiro atoms. The maximum atomic E-state index is 11.8. The van der Waals surface area contributed by atoms with Crippen LogP contribution in [0.4, 0.5) is 4.79 Å². The number of amides is 2. The number of urea groups is 1. The van der Waals surface area contributed by atoms with Gasteiger partial charge in [0.05, 0.1) is 6.54 Å². The lowest BCUT2D eigenvalue weighted by molar-refractivity contribution is 0.192. The third-order valence-corrected chi connectivity index (χ3v) is 4.13. The van der Waals surface area contributed by atoms with E-state index in [9.17, 15) is 4.79 Å². The predicted octanol–water partition coefficient (Wildman–Crippen LogP) is 1.82. The number of hydrogen-bond acceptors (Lipinski definition) is 4. The summed E-state index contributed by atoms with van der Waals surface area (Å²) in [5.74, 6) is 0. The molecule has 0 atom stereocenters. The van der Waals surface area contributed by atoms with Crippen LogP contribution in [-0.2, 0) is 6.54 Å². The monoisotopic (exact) mass is 282 g/mol. The number of rotatable bonds is 5. The maximum absolute atomic E-state index is 11.8. The van der Waals surface area contributed by atoms with E-state index in [2.05, 4.69) is 27.4 Å². The number of thiazole rings is 1. The standard InChI is InChI=1S/C13H22N4OS/c1-2-6-17-7-3-11(4-8-17)16-13(18)15-10-12-14-5-9-19-12/h5,9,11H,2-4,6-8,10H2,1H3,(H2,15,16,18). The van der Waals surface area contributed by atoms with Gasteiger partial charge >= 0.3 is 6.03 Å². The zero-order valence-electron chi connectivity index (χ0n) is 11.4. The van der Waals surface area contributed by atoms with Crippen molar-refractivity contribution in [1.82, 2.24) is 20.5 Å². The number of carbonyl (C=O) groups excluding carboxylic acids is 1. The summed E-state index contributed by atoms with van der Waals surface area (Å²) in [6.07, 6.45) is 5.05. The highest BCUT2D eigenvalue weighted by Crippen LogP contribution is 2.10. The van der Waals surface area contributed by atoms with Crippen molar-refractivity contribution >= 4 is 17.4 Å². The van der Waals surface area contributed by atoms with E-state index >= 15 is 0 Å². The van der Waals surface area contributed by atoms with Crippen molar-refractivity contribution in [3.05, 3.63) is 16.6 Å². The molecule has 0 aliphatic carbocycles. The van der Waals surface area contributed by atoms with Crippen molar-refractivity contribution in [2.45, 2.75) is 38.8 Å². The predicted molar refractivity (Wildman–Crippen MR) is 77.2 cm³/mol. The quantitative estimate of drug-likeness (QED) is 0.866. The van der Waals surface area contributed by atoms with Gasteiger partial charge in [0.2, 0.25) is 0 Å². The lowest BCUT2D eigenvalue weighted by atomic mass is 10.1. The van der Waals surface area contributed by atoms with Crippen LogP contribution in [-0.4, -0.2) is 41.6 Å². The Labute approximate surface area is 118 Å². The molecule has 106 valence electrons. The molecule has 1 aliphatic rings. The van der Waals surface area contributed by atoms with Gasteiger partial charge in [0.15, 0.2) is 0 Å². The van der Waals surface area contributed by atoms with Crippen molar-refractivity contribution in [2.75, 3.05) is 19.6 Å². The number of nitrogens with zero attached hydrogens (tertiary/aromatic N) is 2. The molecule has 1 aromatic rings. The van der Waals surface area contributed by atoms with Crippen LogP contribution in [0.2, 0.25) is 0 Å². The summed E-state index contributed by atoms with van der Waals surface area (Å²) in [7, 11) is 0. The Morgan fingerprint density at radius 1 is 1.53 bits per heavy atom. The SMILES string of the molecule is CCCN1CCC(NC(=O)NCc2nccs2)CC1. The van der Waals surface area contributed by atoms with Crippen LogP contribution in [0.15, 0.2) is 11.6 Å². The second kappa shape index (κ2) is 7.45. The highest BCUT2D eigenvalue weighted by atomic mass is 32.1. The van der Waals surface area contributed by atoms with Gasteiger partial charge in [-0.05, 0) is 25.8 Å². The van der Waals surface area contributed by atoms with Gasteiger partial charge in [-0.25, -0.2) is 9.78 Å². The Morgan fingerprint density at radius 3 is 2.95 bits per heavy atom. The molecular weight excluding hydrogens is 260 g/mol. The molecule has 1 saturated heterocycles. The molecule has 2 rings (SSSR count). The third kappa shape index (κ3) is 4.80. The zero-order valence-corrected chi connectivity index (χ0v) is 12.2. The number of hydrogen-bond donors (Lipinski definition) is 2. The van der Waals surface area contributed by atoms with E-state index < -0.39 is 0 Å². The van der Waals surface area contributed by atoms with Crippen LogP contribution in [0.1, 0.15) is 31.2 Å². The van der Waals surface area contributed by atoms with Crippen molar-refractivity contribution in [2.24, 2.45) is 0 Å². The van der Waals surface area contributed by atoms with E-state index in [1.165, 1.54) is 13.0 Å². The van der Waals surface area contributed by atoms with Crippen LogP contribution in [0, 0.1) is 0 Å². The van der Waals surface area contributed by atoms with Crippen LogP contribution in [0.5, 0.6) is 0 Å². The molecule has 2 heterocycles. The molecule has 1 aliphatic heterocycles. The molecule has 0 aromatic carbocycles. The zero-order chi connectivity index (χ0) is 13.5. The molecule has 0 bridgehead atoms. The molecule has 0 unspecified atom stereocenters. The summed E-state index contributed by atoms with van der Waals surface area (Å²) in [5.41, 5.74) is 0. The van der Waals surface area contributed by atoms with E-state index in [0.29, 0.717) is 12.6 Å². The minimum Gasteiger partial charge on any atom is -0.335 e. The topological polar surface area (TPSA) is 57.3 Å². The summed E-state index contributed by atoms with van der Waals surface area (Å²) in [6, 6.07) is 0.230. The van der Waals surface area contributed by atoms with Crippen molar-refractivity contribution in [3.8, 4) is 0 Å². The number of piperidine rings is 1. The summed E-state index contributed by atoms with van der Waals surface area (Å²) in [6.45, 7) is 6.06. The maximum Gasteiger partial charge on any atom is 0.315 e. The van der Waals surface area contributed by atoms with Gasteiger partial charge in [-0.2, -0.15) is 0 Å². The molecule has 0 saturated carbocycles. The fourth-order valence-corrected chi connectivity index (χ4v) is 2.91. The van der Waals surface area contributed by atoms with Gasteiger partial charge in [0.25, 0.3) is 0 Å². The van der Waals surface area contributed by atoms with Gasteiger partial charge in [0.1, 0.15) is 5.01 Å².